The summed E-state index contributed by atoms with van der Waals surface area (Å²) in [5.74, 6) is 0.790. The lowest BCUT2D eigenvalue weighted by Gasteiger charge is -2.28. The fraction of sp³-hybridized carbons (Fsp3) is 0.280. The number of aryl methyl sites for hydroxylation is 1. The van der Waals surface area contributed by atoms with Crippen molar-refractivity contribution in [3.8, 4) is 17.0 Å². The summed E-state index contributed by atoms with van der Waals surface area (Å²) < 4.78 is 16.7. The first kappa shape index (κ1) is 20.3. The van der Waals surface area contributed by atoms with Gasteiger partial charge in [0, 0.05) is 20.6 Å². The Morgan fingerprint density at radius 2 is 1.72 bits per heavy atom. The van der Waals surface area contributed by atoms with Gasteiger partial charge in [-0.15, -0.1) is 0 Å². The zero-order valence-electron chi connectivity index (χ0n) is 18.4. The van der Waals surface area contributed by atoms with Gasteiger partial charge in [-0.2, -0.15) is 0 Å². The molecule has 5 rings (SSSR count). The minimum absolute atomic E-state index is 0.297. The first-order valence-electron chi connectivity index (χ1n) is 10.7. The van der Waals surface area contributed by atoms with Gasteiger partial charge in [-0.1, -0.05) is 42.5 Å². The summed E-state index contributed by atoms with van der Waals surface area (Å²) in [5.41, 5.74) is 3.50. The molecule has 0 saturated heterocycles. The van der Waals surface area contributed by atoms with Crippen molar-refractivity contribution in [1.29, 1.82) is 0 Å². The van der Waals surface area contributed by atoms with Crippen LogP contribution in [0.3, 0.4) is 0 Å². The molecule has 7 heteroatoms. The molecule has 0 fully saturated rings. The number of hydrogen-bond acceptors (Lipinski definition) is 4. The van der Waals surface area contributed by atoms with Gasteiger partial charge in [-0.05, 0) is 30.2 Å². The Balaban J connectivity index is 1.85. The van der Waals surface area contributed by atoms with Crippen LogP contribution in [0, 0.1) is 0 Å². The van der Waals surface area contributed by atoms with Crippen molar-refractivity contribution in [2.24, 2.45) is 14.1 Å². The highest BCUT2D eigenvalue weighted by molar-refractivity contribution is 5.96. The highest BCUT2D eigenvalue weighted by Gasteiger charge is 2.33. The summed E-state index contributed by atoms with van der Waals surface area (Å²) in [6.45, 7) is 3.64. The van der Waals surface area contributed by atoms with Crippen molar-refractivity contribution in [3.63, 3.8) is 0 Å². The van der Waals surface area contributed by atoms with E-state index in [0.717, 1.165) is 28.3 Å². The van der Waals surface area contributed by atoms with Crippen molar-refractivity contribution in [3.05, 3.63) is 86.7 Å². The van der Waals surface area contributed by atoms with Gasteiger partial charge in [0.25, 0.3) is 5.56 Å². The molecule has 4 aromatic rings. The molecule has 0 aliphatic carbocycles. The lowest BCUT2D eigenvalue weighted by molar-refractivity contribution is 0.0478. The largest absolute Gasteiger partial charge is 0.494 e. The maximum absolute atomic E-state index is 13.4. The molecule has 3 heterocycles. The molecule has 0 radical (unpaired) electrons. The van der Waals surface area contributed by atoms with Crippen LogP contribution in [-0.2, 0) is 25.4 Å². The quantitative estimate of drug-likeness (QED) is 0.498. The summed E-state index contributed by atoms with van der Waals surface area (Å²) in [6, 6.07) is 17.6. The van der Waals surface area contributed by atoms with E-state index in [4.69, 9.17) is 9.47 Å². The molecule has 2 aromatic heterocycles. The standard InChI is InChI=1S/C25H25N3O4/c1-4-31-18-12-10-17(11-13-18)23-22-21-19(24(29)27(3)25(30)26(21)2)20(28(22)14-15-32-23)16-8-6-5-7-9-16/h5-13,23H,4,14-15H2,1-3H3. The molecule has 32 heavy (non-hydrogen) atoms. The van der Waals surface area contributed by atoms with E-state index in [1.807, 2.05) is 61.5 Å². The topological polar surface area (TPSA) is 67.4 Å². The second kappa shape index (κ2) is 7.84. The smallest absolute Gasteiger partial charge is 0.331 e. The second-order valence-corrected chi connectivity index (χ2v) is 7.93. The molecule has 1 aliphatic rings. The third-order valence-electron chi connectivity index (χ3n) is 6.09. The average Bonchev–Trinajstić information content (AvgIpc) is 3.18. The van der Waals surface area contributed by atoms with E-state index in [-0.39, 0.29) is 11.2 Å². The number of fused-ring (bicyclic) bond motifs is 3. The van der Waals surface area contributed by atoms with E-state index in [1.54, 1.807) is 11.6 Å². The Morgan fingerprint density at radius 1 is 1.00 bits per heavy atom. The van der Waals surface area contributed by atoms with E-state index < -0.39 is 6.10 Å². The number of aromatic nitrogens is 3. The van der Waals surface area contributed by atoms with Crippen molar-refractivity contribution >= 4 is 10.9 Å². The molecule has 1 atom stereocenters. The van der Waals surface area contributed by atoms with Crippen molar-refractivity contribution in [2.45, 2.75) is 19.6 Å². The second-order valence-electron chi connectivity index (χ2n) is 7.93. The van der Waals surface area contributed by atoms with Gasteiger partial charge >= 0.3 is 5.69 Å². The molecule has 1 aliphatic heterocycles. The van der Waals surface area contributed by atoms with Gasteiger partial charge in [0.1, 0.15) is 11.9 Å². The summed E-state index contributed by atoms with van der Waals surface area (Å²) in [6.07, 6.45) is -0.405. The molecular formula is C25H25N3O4. The van der Waals surface area contributed by atoms with E-state index in [9.17, 15) is 9.59 Å². The van der Waals surface area contributed by atoms with Crippen LogP contribution in [0.25, 0.3) is 22.2 Å². The van der Waals surface area contributed by atoms with Crippen molar-refractivity contribution in [2.75, 3.05) is 13.2 Å². The molecule has 0 N–H and O–H groups in total. The van der Waals surface area contributed by atoms with Crippen LogP contribution in [-0.4, -0.2) is 26.9 Å². The average molecular weight is 431 g/mol. The molecule has 0 saturated carbocycles. The number of rotatable bonds is 4. The van der Waals surface area contributed by atoms with E-state index in [0.29, 0.717) is 30.7 Å². The van der Waals surface area contributed by atoms with Gasteiger partial charge in [0.05, 0.1) is 35.5 Å². The lowest BCUT2D eigenvalue weighted by atomic mass is 10.0. The van der Waals surface area contributed by atoms with E-state index >= 15 is 0 Å². The minimum Gasteiger partial charge on any atom is -0.494 e. The Labute approximate surface area is 185 Å². The van der Waals surface area contributed by atoms with Crippen LogP contribution in [0.5, 0.6) is 5.75 Å². The van der Waals surface area contributed by atoms with E-state index in [2.05, 4.69) is 4.57 Å². The third-order valence-corrected chi connectivity index (χ3v) is 6.09. The summed E-state index contributed by atoms with van der Waals surface area (Å²) >= 11 is 0. The summed E-state index contributed by atoms with van der Waals surface area (Å²) in [5, 5.41) is 0.539. The number of benzene rings is 2. The van der Waals surface area contributed by atoms with Gasteiger partial charge in [-0.25, -0.2) is 4.79 Å². The fourth-order valence-corrected chi connectivity index (χ4v) is 4.64. The highest BCUT2D eigenvalue weighted by Crippen LogP contribution is 2.40. The molecular weight excluding hydrogens is 406 g/mol. The molecule has 7 nitrogen and oxygen atoms in total. The molecule has 164 valence electrons. The predicted molar refractivity (Wildman–Crippen MR) is 123 cm³/mol. The van der Waals surface area contributed by atoms with Gasteiger partial charge in [0.15, 0.2) is 0 Å². The van der Waals surface area contributed by atoms with Crippen molar-refractivity contribution < 1.29 is 9.47 Å². The van der Waals surface area contributed by atoms with Gasteiger partial charge in [0.2, 0.25) is 0 Å². The maximum atomic E-state index is 13.4. The van der Waals surface area contributed by atoms with Crippen LogP contribution in [0.2, 0.25) is 0 Å². The van der Waals surface area contributed by atoms with Gasteiger partial charge < -0.3 is 14.0 Å². The Bertz CT molecular complexity index is 1410. The van der Waals surface area contributed by atoms with E-state index in [1.165, 1.54) is 11.6 Å². The van der Waals surface area contributed by atoms with Gasteiger partial charge in [-0.3, -0.25) is 13.9 Å². The molecule has 0 amide bonds. The van der Waals surface area contributed by atoms with Crippen LogP contribution < -0.4 is 16.0 Å². The number of hydrogen-bond donors (Lipinski definition) is 0. The third kappa shape index (κ3) is 3.00. The Hall–Kier alpha value is -3.58. The highest BCUT2D eigenvalue weighted by atomic mass is 16.5. The lowest BCUT2D eigenvalue weighted by Crippen LogP contribution is -2.37. The van der Waals surface area contributed by atoms with Crippen LogP contribution in [0.15, 0.2) is 64.2 Å². The zero-order valence-corrected chi connectivity index (χ0v) is 18.4. The Morgan fingerprint density at radius 3 is 2.41 bits per heavy atom. The fourth-order valence-electron chi connectivity index (χ4n) is 4.64. The summed E-state index contributed by atoms with van der Waals surface area (Å²) in [7, 11) is 3.24. The SMILES string of the molecule is CCOc1ccc(C2OCCn3c(-c4ccccc4)c4c(=O)n(C)c(=O)n(C)c4c32)cc1. The minimum atomic E-state index is -0.405. The summed E-state index contributed by atoms with van der Waals surface area (Å²) in [4.78, 5) is 26.2. The van der Waals surface area contributed by atoms with Crippen molar-refractivity contribution in [1.82, 2.24) is 13.7 Å². The van der Waals surface area contributed by atoms with Crippen LogP contribution in [0.4, 0.5) is 0 Å². The number of nitrogens with zero attached hydrogens (tertiary/aromatic N) is 3. The Kier molecular flexibility index (Phi) is 4.98. The molecule has 0 bridgehead atoms. The zero-order chi connectivity index (χ0) is 22.4. The predicted octanol–water partition coefficient (Wildman–Crippen LogP) is 3.22. The van der Waals surface area contributed by atoms with Crippen LogP contribution in [0.1, 0.15) is 24.3 Å². The maximum Gasteiger partial charge on any atom is 0.331 e. The molecule has 0 spiro atoms. The number of ether oxygens (including phenoxy) is 2. The first-order chi connectivity index (χ1) is 15.5. The van der Waals surface area contributed by atoms with Crippen LogP contribution >= 0.6 is 0 Å². The monoisotopic (exact) mass is 431 g/mol. The first-order valence-corrected chi connectivity index (χ1v) is 10.7. The molecule has 1 unspecified atom stereocenters. The normalized spacial score (nSPS) is 15.7. The molecule has 2 aromatic carbocycles.